The summed E-state index contributed by atoms with van der Waals surface area (Å²) < 4.78 is 25.7. The number of rotatable bonds is 5. The number of benzene rings is 1. The summed E-state index contributed by atoms with van der Waals surface area (Å²) in [4.78, 5) is 9.93. The molecule has 1 rings (SSSR count). The van der Waals surface area contributed by atoms with E-state index in [1.54, 1.807) is 0 Å². The molecule has 5 nitrogen and oxygen atoms in total. The maximum Gasteiger partial charge on any atom is 0.287 e. The molecule has 2 N–H and O–H groups in total. The Balaban J connectivity index is 2.94. The second-order valence-electron chi connectivity index (χ2n) is 3.74. The van der Waals surface area contributed by atoms with Gasteiger partial charge in [-0.3, -0.25) is 10.1 Å². The van der Waals surface area contributed by atoms with Gasteiger partial charge in [-0.15, -0.1) is 0 Å². The number of nitrogens with zero attached hydrogens (tertiary/aromatic N) is 1. The predicted molar refractivity (Wildman–Crippen MR) is 63.4 cm³/mol. The summed E-state index contributed by atoms with van der Waals surface area (Å²) >= 11 is 5.78. The first kappa shape index (κ1) is 14.6. The van der Waals surface area contributed by atoms with Gasteiger partial charge in [-0.05, 0) is 12.5 Å². The summed E-state index contributed by atoms with van der Waals surface area (Å²) in [5.41, 5.74) is 0.357. The van der Waals surface area contributed by atoms with Crippen LogP contribution in [0.15, 0.2) is 12.1 Å². The van der Waals surface area contributed by atoms with Gasteiger partial charge in [0.2, 0.25) is 0 Å². The lowest BCUT2D eigenvalue weighted by molar-refractivity contribution is -0.384. The highest BCUT2D eigenvalue weighted by molar-refractivity contribution is 6.33. The minimum Gasteiger partial charge on any atom is -0.390 e. The SMILES string of the molecule is Cc1cc([N+](=O)[O-])cc(Cl)c1NCC(F)(F)CO. The minimum atomic E-state index is -3.28. The van der Waals surface area contributed by atoms with Crippen LogP contribution in [-0.2, 0) is 0 Å². The fourth-order valence-corrected chi connectivity index (χ4v) is 1.66. The van der Waals surface area contributed by atoms with Crippen molar-refractivity contribution in [2.45, 2.75) is 12.8 Å². The molecule has 0 aliphatic rings. The van der Waals surface area contributed by atoms with E-state index in [1.165, 1.54) is 13.0 Å². The van der Waals surface area contributed by atoms with Gasteiger partial charge >= 0.3 is 0 Å². The molecule has 0 aromatic heterocycles. The van der Waals surface area contributed by atoms with Crippen molar-refractivity contribution in [1.82, 2.24) is 0 Å². The quantitative estimate of drug-likeness (QED) is 0.642. The second kappa shape index (κ2) is 5.45. The summed E-state index contributed by atoms with van der Waals surface area (Å²) in [6, 6.07) is 2.30. The summed E-state index contributed by atoms with van der Waals surface area (Å²) in [7, 11) is 0. The van der Waals surface area contributed by atoms with Gasteiger partial charge < -0.3 is 10.4 Å². The van der Waals surface area contributed by atoms with Crippen molar-refractivity contribution in [2.24, 2.45) is 0 Å². The number of aliphatic hydroxyl groups is 1. The van der Waals surface area contributed by atoms with Gasteiger partial charge in [-0.1, -0.05) is 11.6 Å². The van der Waals surface area contributed by atoms with E-state index in [0.717, 1.165) is 6.07 Å². The molecule has 0 unspecified atom stereocenters. The first-order chi connectivity index (χ1) is 8.26. The number of nitrogens with one attached hydrogen (secondary N) is 1. The first-order valence-corrected chi connectivity index (χ1v) is 5.32. The van der Waals surface area contributed by atoms with Gasteiger partial charge in [0.05, 0.1) is 22.2 Å². The molecule has 100 valence electrons. The maximum absolute atomic E-state index is 12.8. The Morgan fingerprint density at radius 2 is 2.17 bits per heavy atom. The number of nitro groups is 1. The average Bonchev–Trinajstić information content (AvgIpc) is 2.27. The molecule has 8 heteroatoms. The normalized spacial score (nSPS) is 11.4. The zero-order valence-electron chi connectivity index (χ0n) is 9.41. The number of hydrogen-bond acceptors (Lipinski definition) is 4. The van der Waals surface area contributed by atoms with Crippen molar-refractivity contribution in [2.75, 3.05) is 18.5 Å². The van der Waals surface area contributed by atoms with Crippen LogP contribution in [-0.4, -0.2) is 29.1 Å². The minimum absolute atomic E-state index is 0.0181. The Kier molecular flexibility index (Phi) is 4.42. The summed E-state index contributed by atoms with van der Waals surface area (Å²) in [5, 5.41) is 21.3. The number of aliphatic hydroxyl groups excluding tert-OH is 1. The smallest absolute Gasteiger partial charge is 0.287 e. The average molecular weight is 281 g/mol. The van der Waals surface area contributed by atoms with Gasteiger partial charge in [0.25, 0.3) is 11.6 Å². The molecule has 0 aliphatic carbocycles. The van der Waals surface area contributed by atoms with Gasteiger partial charge in [0.15, 0.2) is 0 Å². The third-order valence-corrected chi connectivity index (χ3v) is 2.54. The number of anilines is 1. The van der Waals surface area contributed by atoms with Crippen LogP contribution < -0.4 is 5.32 Å². The number of aryl methyl sites for hydroxylation is 1. The number of non-ortho nitro benzene ring substituents is 1. The van der Waals surface area contributed by atoms with E-state index in [-0.39, 0.29) is 16.4 Å². The van der Waals surface area contributed by atoms with E-state index < -0.39 is 24.0 Å². The van der Waals surface area contributed by atoms with Crippen molar-refractivity contribution in [3.05, 3.63) is 32.8 Å². The monoisotopic (exact) mass is 280 g/mol. The Morgan fingerprint density at radius 3 is 2.61 bits per heavy atom. The van der Waals surface area contributed by atoms with Gasteiger partial charge in [0, 0.05) is 12.1 Å². The Hall–Kier alpha value is -1.47. The molecule has 0 radical (unpaired) electrons. The van der Waals surface area contributed by atoms with Gasteiger partial charge in [0.1, 0.15) is 6.61 Å². The standard InChI is InChI=1S/C10H11ClF2N2O3/c1-6-2-7(15(17)18)3-8(11)9(6)14-4-10(12,13)5-16/h2-3,14,16H,4-5H2,1H3. The molecular weight excluding hydrogens is 270 g/mol. The van der Waals surface area contributed by atoms with Crippen LogP contribution in [0.4, 0.5) is 20.2 Å². The summed E-state index contributed by atoms with van der Waals surface area (Å²) in [6.45, 7) is -0.580. The second-order valence-corrected chi connectivity index (χ2v) is 4.15. The molecule has 0 fully saturated rings. The molecule has 1 aromatic rings. The fourth-order valence-electron chi connectivity index (χ4n) is 1.33. The van der Waals surface area contributed by atoms with Crippen molar-refractivity contribution in [1.29, 1.82) is 0 Å². The molecule has 0 aliphatic heterocycles. The number of halogens is 3. The lowest BCUT2D eigenvalue weighted by Gasteiger charge is -2.17. The van der Waals surface area contributed by atoms with E-state index in [2.05, 4.69) is 5.32 Å². The molecule has 0 atom stereocenters. The van der Waals surface area contributed by atoms with Crippen LogP contribution in [0.25, 0.3) is 0 Å². The van der Waals surface area contributed by atoms with Crippen molar-refractivity contribution >= 4 is 23.0 Å². The molecule has 0 heterocycles. The largest absolute Gasteiger partial charge is 0.390 e. The van der Waals surface area contributed by atoms with Crippen LogP contribution in [0, 0.1) is 17.0 Å². The topological polar surface area (TPSA) is 75.4 Å². The highest BCUT2D eigenvalue weighted by Crippen LogP contribution is 2.31. The molecular formula is C10H11ClF2N2O3. The Bertz CT molecular complexity index is 445. The van der Waals surface area contributed by atoms with Crippen LogP contribution in [0.2, 0.25) is 5.02 Å². The number of hydrogen-bond donors (Lipinski definition) is 2. The highest BCUT2D eigenvalue weighted by Gasteiger charge is 2.28. The van der Waals surface area contributed by atoms with Gasteiger partial charge in [-0.2, -0.15) is 0 Å². The Morgan fingerprint density at radius 1 is 1.56 bits per heavy atom. The third kappa shape index (κ3) is 3.51. The van der Waals surface area contributed by atoms with E-state index in [1.807, 2.05) is 0 Å². The molecule has 0 amide bonds. The van der Waals surface area contributed by atoms with E-state index in [0.29, 0.717) is 5.56 Å². The van der Waals surface area contributed by atoms with E-state index in [4.69, 9.17) is 16.7 Å². The van der Waals surface area contributed by atoms with Crippen molar-refractivity contribution in [3.8, 4) is 0 Å². The fraction of sp³-hybridized carbons (Fsp3) is 0.400. The highest BCUT2D eigenvalue weighted by atomic mass is 35.5. The van der Waals surface area contributed by atoms with E-state index >= 15 is 0 Å². The maximum atomic E-state index is 12.8. The van der Waals surface area contributed by atoms with Crippen LogP contribution in [0.5, 0.6) is 0 Å². The molecule has 0 spiro atoms. The summed E-state index contributed by atoms with van der Waals surface area (Å²) in [6.07, 6.45) is 0. The lowest BCUT2D eigenvalue weighted by Crippen LogP contribution is -2.31. The molecule has 1 aromatic carbocycles. The zero-order chi connectivity index (χ0) is 13.9. The Labute approximate surface area is 107 Å². The van der Waals surface area contributed by atoms with Crippen molar-refractivity contribution < 1.29 is 18.8 Å². The first-order valence-electron chi connectivity index (χ1n) is 4.94. The predicted octanol–water partition coefficient (Wildman–Crippen LogP) is 2.60. The molecule has 0 bridgehead atoms. The lowest BCUT2D eigenvalue weighted by atomic mass is 10.1. The molecule has 0 saturated heterocycles. The third-order valence-electron chi connectivity index (χ3n) is 2.24. The molecule has 0 saturated carbocycles. The van der Waals surface area contributed by atoms with Crippen LogP contribution >= 0.6 is 11.6 Å². The van der Waals surface area contributed by atoms with Gasteiger partial charge in [-0.25, -0.2) is 8.78 Å². The van der Waals surface area contributed by atoms with Crippen molar-refractivity contribution in [3.63, 3.8) is 0 Å². The van der Waals surface area contributed by atoms with Crippen LogP contribution in [0.1, 0.15) is 5.56 Å². The number of nitro benzene ring substituents is 1. The van der Waals surface area contributed by atoms with E-state index in [9.17, 15) is 18.9 Å². The number of alkyl halides is 2. The summed E-state index contributed by atoms with van der Waals surface area (Å²) in [5.74, 6) is -3.28. The molecule has 18 heavy (non-hydrogen) atoms. The zero-order valence-corrected chi connectivity index (χ0v) is 10.2. The van der Waals surface area contributed by atoms with Crippen LogP contribution in [0.3, 0.4) is 0 Å².